The molecule has 0 amide bonds. The largest absolute Gasteiger partial charge is 0.496 e. The molecule has 13 nitrogen and oxygen atoms in total. The lowest BCUT2D eigenvalue weighted by Gasteiger charge is -2.42. The highest BCUT2D eigenvalue weighted by molar-refractivity contribution is 6.36. The number of nitrogens with zero attached hydrogens (tertiary/aromatic N) is 3. The highest BCUT2D eigenvalue weighted by Crippen LogP contribution is 2.56. The lowest BCUT2D eigenvalue weighted by Crippen LogP contribution is -2.58. The smallest absolute Gasteiger partial charge is 0.332 e. The van der Waals surface area contributed by atoms with E-state index < -0.39 is 50.9 Å². The second-order valence-electron chi connectivity index (χ2n) is 10.8. The molecule has 0 fully saturated rings. The van der Waals surface area contributed by atoms with Gasteiger partial charge in [0.1, 0.15) is 32.9 Å². The van der Waals surface area contributed by atoms with Crippen LogP contribution in [0.2, 0.25) is 10.0 Å². The predicted molar refractivity (Wildman–Crippen MR) is 159 cm³/mol. The lowest BCUT2D eigenvalue weighted by molar-refractivity contribution is -0.384. The third-order valence-electron chi connectivity index (χ3n) is 8.58. The maximum absolute atomic E-state index is 14.9. The van der Waals surface area contributed by atoms with Crippen molar-refractivity contribution in [1.82, 2.24) is 9.13 Å². The van der Waals surface area contributed by atoms with E-state index in [1.165, 1.54) is 57.1 Å². The number of methoxy groups -OCH3 is 2. The summed E-state index contributed by atoms with van der Waals surface area (Å²) in [6.07, 6.45) is 0.0624. The number of rotatable bonds is 4. The molecule has 0 radical (unpaired) electrons. The minimum atomic E-state index is -2.12. The molecular weight excluding hydrogens is 619 g/mol. The predicted octanol–water partition coefficient (Wildman–Crippen LogP) is 3.75. The van der Waals surface area contributed by atoms with Crippen LogP contribution < -0.4 is 30.8 Å². The Balaban J connectivity index is 1.64. The average molecular weight is 643 g/mol. The Labute approximate surface area is 258 Å². The number of ketones is 2. The maximum Gasteiger partial charge on any atom is 0.332 e. The number of carbonyl (C=O) groups excluding carboxylic acids is 2. The number of hydrogen-bond acceptors (Lipinski definition) is 10. The number of anilines is 1. The molecule has 1 spiro atoms. The van der Waals surface area contributed by atoms with Crippen LogP contribution in [-0.2, 0) is 18.9 Å². The summed E-state index contributed by atoms with van der Waals surface area (Å²) >= 11 is 12.7. The maximum atomic E-state index is 14.9. The molecule has 1 aromatic heterocycles. The van der Waals surface area contributed by atoms with Crippen molar-refractivity contribution in [3.63, 3.8) is 0 Å². The molecule has 3 heterocycles. The summed E-state index contributed by atoms with van der Waals surface area (Å²) in [4.78, 5) is 67.0. The van der Waals surface area contributed by atoms with Gasteiger partial charge in [-0.3, -0.25) is 33.6 Å². The molecule has 1 N–H and O–H groups in total. The van der Waals surface area contributed by atoms with Gasteiger partial charge in [0.15, 0.2) is 5.75 Å². The normalized spacial score (nSPS) is 21.8. The fraction of sp³-hybridized carbons (Fsp3) is 0.310. The number of benzene rings is 2. The van der Waals surface area contributed by atoms with Crippen LogP contribution in [0.5, 0.6) is 17.2 Å². The van der Waals surface area contributed by atoms with E-state index >= 15 is 0 Å². The number of aromatic nitrogens is 2. The third-order valence-corrected chi connectivity index (χ3v) is 9.25. The number of Topliss-reactive ketones (excluding diaryl/α,β-unsaturated/α-hetero) is 2. The van der Waals surface area contributed by atoms with Gasteiger partial charge < -0.3 is 19.5 Å². The molecule has 3 atom stereocenters. The van der Waals surface area contributed by atoms with Gasteiger partial charge in [-0.25, -0.2) is 4.79 Å². The number of allylic oxidation sites excluding steroid dienone is 1. The van der Waals surface area contributed by atoms with E-state index in [2.05, 4.69) is 5.32 Å². The monoisotopic (exact) mass is 642 g/mol. The van der Waals surface area contributed by atoms with E-state index in [9.17, 15) is 29.3 Å². The molecule has 3 aliphatic rings. The van der Waals surface area contributed by atoms with Crippen LogP contribution in [0.1, 0.15) is 40.7 Å². The molecule has 44 heavy (non-hydrogen) atoms. The van der Waals surface area contributed by atoms with E-state index in [0.717, 1.165) is 4.57 Å². The second kappa shape index (κ2) is 9.96. The van der Waals surface area contributed by atoms with Crippen molar-refractivity contribution in [2.45, 2.75) is 24.9 Å². The number of nitro benzene ring substituents is 1. The van der Waals surface area contributed by atoms with Gasteiger partial charge in [0.2, 0.25) is 17.2 Å². The topological polar surface area (TPSA) is 161 Å². The SMILES string of the molecule is COc1cc(OC)c2c(c1Cl)O[C@@]1(C(=O)C3=C(C[C@H]1C)Nc1c(c(=O)n(C)c(=O)n1C)[C@@H]3c1ccc(Cl)c([N+](=O)[O-])c1)C2=O. The van der Waals surface area contributed by atoms with Crippen LogP contribution >= 0.6 is 23.2 Å². The van der Waals surface area contributed by atoms with Gasteiger partial charge in [-0.05, 0) is 18.1 Å². The van der Waals surface area contributed by atoms with Gasteiger partial charge >= 0.3 is 5.69 Å². The van der Waals surface area contributed by atoms with Gasteiger partial charge in [-0.15, -0.1) is 0 Å². The molecule has 0 saturated carbocycles. The van der Waals surface area contributed by atoms with Crippen molar-refractivity contribution in [3.8, 4) is 17.2 Å². The summed E-state index contributed by atoms with van der Waals surface area (Å²) in [5, 5.41) is 14.8. The zero-order valence-corrected chi connectivity index (χ0v) is 25.5. The second-order valence-corrected chi connectivity index (χ2v) is 11.6. The number of nitro groups is 1. The van der Waals surface area contributed by atoms with Gasteiger partial charge in [-0.2, -0.15) is 0 Å². The Morgan fingerprint density at radius 3 is 2.36 bits per heavy atom. The fourth-order valence-corrected chi connectivity index (χ4v) is 6.82. The zero-order valence-electron chi connectivity index (χ0n) is 23.9. The summed E-state index contributed by atoms with van der Waals surface area (Å²) in [5.41, 5.74) is -3.52. The quantitative estimate of drug-likeness (QED) is 0.252. The Bertz CT molecular complexity index is 2010. The Kier molecular flexibility index (Phi) is 6.67. The fourth-order valence-electron chi connectivity index (χ4n) is 6.37. The van der Waals surface area contributed by atoms with Crippen molar-refractivity contribution in [3.05, 3.63) is 93.2 Å². The van der Waals surface area contributed by atoms with E-state index in [1.807, 2.05) is 0 Å². The molecule has 0 saturated heterocycles. The number of fused-ring (bicyclic) bond motifs is 2. The van der Waals surface area contributed by atoms with Crippen molar-refractivity contribution < 1.29 is 28.7 Å². The van der Waals surface area contributed by atoms with Crippen LogP contribution in [0.4, 0.5) is 11.5 Å². The Hall–Kier alpha value is -4.62. The van der Waals surface area contributed by atoms with Crippen molar-refractivity contribution in [2.75, 3.05) is 19.5 Å². The molecule has 1 aliphatic carbocycles. The van der Waals surface area contributed by atoms with Gasteiger partial charge in [-0.1, -0.05) is 36.2 Å². The summed E-state index contributed by atoms with van der Waals surface area (Å²) in [6.45, 7) is 1.66. The third kappa shape index (κ3) is 3.72. The first-order chi connectivity index (χ1) is 20.8. The summed E-state index contributed by atoms with van der Waals surface area (Å²) in [6, 6.07) is 5.34. The van der Waals surface area contributed by atoms with Crippen LogP contribution in [0.25, 0.3) is 0 Å². The molecule has 2 aliphatic heterocycles. The summed E-state index contributed by atoms with van der Waals surface area (Å²) in [7, 11) is 5.46. The van der Waals surface area contributed by atoms with Crippen LogP contribution in [0.3, 0.4) is 0 Å². The van der Waals surface area contributed by atoms with Crippen LogP contribution in [-0.4, -0.2) is 45.4 Å². The van der Waals surface area contributed by atoms with E-state index in [0.29, 0.717) is 5.70 Å². The van der Waals surface area contributed by atoms with E-state index in [-0.39, 0.29) is 61.8 Å². The van der Waals surface area contributed by atoms with E-state index in [4.69, 9.17) is 37.4 Å². The molecule has 2 aromatic carbocycles. The number of hydrogen-bond donors (Lipinski definition) is 1. The highest BCUT2D eigenvalue weighted by Gasteiger charge is 2.63. The van der Waals surface area contributed by atoms with Gasteiger partial charge in [0, 0.05) is 49.3 Å². The first-order valence-electron chi connectivity index (χ1n) is 13.3. The first kappa shape index (κ1) is 29.5. The molecule has 6 rings (SSSR count). The number of nitrogens with one attached hydrogen (secondary N) is 1. The van der Waals surface area contributed by atoms with Gasteiger partial charge in [0.25, 0.3) is 11.2 Å². The van der Waals surface area contributed by atoms with Gasteiger partial charge in [0.05, 0.1) is 24.7 Å². The number of ether oxygens (including phenoxy) is 3. The highest BCUT2D eigenvalue weighted by atomic mass is 35.5. The van der Waals surface area contributed by atoms with Crippen molar-refractivity contribution >= 4 is 46.3 Å². The molecule has 3 aromatic rings. The molecule has 0 unspecified atom stereocenters. The molecule has 228 valence electrons. The minimum absolute atomic E-state index is 0.0221. The minimum Gasteiger partial charge on any atom is -0.496 e. The molecule has 15 heteroatoms. The first-order valence-corrected chi connectivity index (χ1v) is 14.0. The number of halogens is 2. The Morgan fingerprint density at radius 2 is 1.73 bits per heavy atom. The average Bonchev–Trinajstić information content (AvgIpc) is 3.31. The lowest BCUT2D eigenvalue weighted by atomic mass is 9.66. The summed E-state index contributed by atoms with van der Waals surface area (Å²) in [5.74, 6) is -3.22. The van der Waals surface area contributed by atoms with Crippen LogP contribution in [0.15, 0.2) is 45.1 Å². The molecule has 0 bridgehead atoms. The van der Waals surface area contributed by atoms with Crippen molar-refractivity contribution in [2.24, 2.45) is 20.0 Å². The Morgan fingerprint density at radius 1 is 1.05 bits per heavy atom. The number of carbonyl (C=O) groups is 2. The van der Waals surface area contributed by atoms with Crippen LogP contribution in [0, 0.1) is 16.0 Å². The zero-order chi connectivity index (χ0) is 32.0. The standard InChI is InChI=1S/C29H24Cl2N4O9/c1-11-8-14-19(24(36)29(11)25(37)20-16(42-4)10-17(43-5)22(31)23(20)44-29)18(12-6-7-13(30)15(9-12)35(40)41)21-26(32-14)33(2)28(39)34(3)27(21)38/h6-7,9-11,18,32H,8H2,1-5H3/t11-,18-,29+/m1/s1. The molecular formula is C29H24Cl2N4O9. The van der Waals surface area contributed by atoms with Crippen molar-refractivity contribution in [1.29, 1.82) is 0 Å². The summed E-state index contributed by atoms with van der Waals surface area (Å²) < 4.78 is 19.1. The van der Waals surface area contributed by atoms with E-state index in [1.54, 1.807) is 6.92 Å².